The molecule has 2 amide bonds. The number of rotatable bonds is 6. The molecule has 0 saturated carbocycles. The van der Waals surface area contributed by atoms with Gasteiger partial charge >= 0.3 is 5.97 Å². The highest BCUT2D eigenvalue weighted by molar-refractivity contribution is 8.15. The second-order valence-electron chi connectivity index (χ2n) is 6.03. The van der Waals surface area contributed by atoms with Crippen LogP contribution in [-0.4, -0.2) is 34.0 Å². The van der Waals surface area contributed by atoms with Crippen LogP contribution in [0.2, 0.25) is 0 Å². The zero-order valence-corrected chi connectivity index (χ0v) is 16.9. The van der Waals surface area contributed by atoms with Gasteiger partial charge in [-0.15, -0.1) is 11.3 Å². The van der Waals surface area contributed by atoms with E-state index in [1.54, 1.807) is 6.92 Å². The van der Waals surface area contributed by atoms with Crippen LogP contribution < -0.4 is 5.32 Å². The number of thiophene rings is 1. The molecule has 6 nitrogen and oxygen atoms in total. The fourth-order valence-corrected chi connectivity index (χ4v) is 4.78. The molecule has 0 bridgehead atoms. The molecule has 0 radical (unpaired) electrons. The van der Waals surface area contributed by atoms with E-state index in [9.17, 15) is 14.4 Å². The molecule has 0 spiro atoms. The largest absolute Gasteiger partial charge is 0.462 e. The lowest BCUT2D eigenvalue weighted by Gasteiger charge is -2.15. The normalized spacial score (nSPS) is 16.7. The molecule has 1 unspecified atom stereocenters. The van der Waals surface area contributed by atoms with Crippen molar-refractivity contribution in [3.8, 4) is 0 Å². The number of anilines is 1. The highest BCUT2D eigenvalue weighted by Gasteiger charge is 2.40. The van der Waals surface area contributed by atoms with E-state index >= 15 is 0 Å². The zero-order chi connectivity index (χ0) is 19.6. The molecule has 1 aliphatic rings. The molecule has 1 aromatic carbocycles. The van der Waals surface area contributed by atoms with Crippen LogP contribution in [0.4, 0.5) is 9.80 Å². The Balaban J connectivity index is 1.79. The number of amides is 2. The number of benzene rings is 1. The summed E-state index contributed by atoms with van der Waals surface area (Å²) in [6.45, 7) is 6.00. The first-order valence-electron chi connectivity index (χ1n) is 8.52. The highest BCUT2D eigenvalue weighted by Crippen LogP contribution is 2.37. The predicted molar refractivity (Wildman–Crippen MR) is 107 cm³/mol. The Bertz CT molecular complexity index is 879. The van der Waals surface area contributed by atoms with Crippen LogP contribution in [0.25, 0.3) is 0 Å². The SMILES string of the molecule is CCOC(=O)c1c(NC2SC(=O)N(Cc3ccccc3)C2=O)sc(C)c1C. The molecule has 2 heterocycles. The maximum Gasteiger partial charge on any atom is 0.341 e. The molecule has 1 N–H and O–H groups in total. The number of aryl methyl sites for hydroxylation is 1. The van der Waals surface area contributed by atoms with Gasteiger partial charge in [-0.25, -0.2) is 4.79 Å². The third-order valence-electron chi connectivity index (χ3n) is 4.24. The van der Waals surface area contributed by atoms with Crippen LogP contribution in [0.1, 0.15) is 33.3 Å². The molecular formula is C19H20N2O4S2. The van der Waals surface area contributed by atoms with Gasteiger partial charge in [-0.3, -0.25) is 14.5 Å². The Kier molecular flexibility index (Phi) is 5.86. The maximum absolute atomic E-state index is 12.7. The number of carbonyl (C=O) groups is 3. The van der Waals surface area contributed by atoms with E-state index in [1.807, 2.05) is 44.2 Å². The van der Waals surface area contributed by atoms with Crippen molar-refractivity contribution in [1.29, 1.82) is 0 Å². The quantitative estimate of drug-likeness (QED) is 0.728. The van der Waals surface area contributed by atoms with Gasteiger partial charge in [-0.05, 0) is 43.7 Å². The summed E-state index contributed by atoms with van der Waals surface area (Å²) in [6.07, 6.45) is 0. The minimum absolute atomic E-state index is 0.233. The van der Waals surface area contributed by atoms with Gasteiger partial charge in [0.1, 0.15) is 5.00 Å². The van der Waals surface area contributed by atoms with Crippen LogP contribution in [0.15, 0.2) is 30.3 Å². The minimum Gasteiger partial charge on any atom is -0.462 e. The van der Waals surface area contributed by atoms with Gasteiger partial charge in [0.25, 0.3) is 11.1 Å². The molecular weight excluding hydrogens is 384 g/mol. The Morgan fingerprint density at radius 2 is 1.93 bits per heavy atom. The van der Waals surface area contributed by atoms with Crippen molar-refractivity contribution in [2.75, 3.05) is 11.9 Å². The van der Waals surface area contributed by atoms with Gasteiger partial charge in [0.15, 0.2) is 5.37 Å². The summed E-state index contributed by atoms with van der Waals surface area (Å²) in [5, 5.41) is 2.57. The highest BCUT2D eigenvalue weighted by atomic mass is 32.2. The topological polar surface area (TPSA) is 75.7 Å². The van der Waals surface area contributed by atoms with Crippen LogP contribution in [0, 0.1) is 13.8 Å². The van der Waals surface area contributed by atoms with Gasteiger partial charge in [0.05, 0.1) is 18.7 Å². The molecule has 1 aliphatic heterocycles. The monoisotopic (exact) mass is 404 g/mol. The average molecular weight is 405 g/mol. The third kappa shape index (κ3) is 4.01. The van der Waals surface area contributed by atoms with Crippen LogP contribution in [0.5, 0.6) is 0 Å². The molecule has 1 fully saturated rings. The molecule has 2 aromatic rings. The maximum atomic E-state index is 12.7. The molecule has 1 saturated heterocycles. The number of nitrogens with one attached hydrogen (secondary N) is 1. The van der Waals surface area contributed by atoms with Gasteiger partial charge < -0.3 is 10.1 Å². The van der Waals surface area contributed by atoms with Gasteiger partial charge in [0, 0.05) is 4.88 Å². The first-order chi connectivity index (χ1) is 12.9. The number of ether oxygens (including phenoxy) is 1. The summed E-state index contributed by atoms with van der Waals surface area (Å²) >= 11 is 2.31. The van der Waals surface area contributed by atoms with Crippen molar-refractivity contribution in [3.63, 3.8) is 0 Å². The Hall–Kier alpha value is -2.32. The summed E-state index contributed by atoms with van der Waals surface area (Å²) in [6, 6.07) is 9.36. The number of thioether (sulfide) groups is 1. The van der Waals surface area contributed by atoms with Crippen LogP contribution in [0.3, 0.4) is 0 Å². The van der Waals surface area contributed by atoms with Crippen molar-refractivity contribution in [3.05, 3.63) is 51.9 Å². The zero-order valence-electron chi connectivity index (χ0n) is 15.3. The Labute approximate surface area is 165 Å². The van der Waals surface area contributed by atoms with E-state index in [4.69, 9.17) is 4.74 Å². The smallest absolute Gasteiger partial charge is 0.341 e. The third-order valence-corrected chi connectivity index (χ3v) is 6.36. The Morgan fingerprint density at radius 1 is 1.22 bits per heavy atom. The summed E-state index contributed by atoms with van der Waals surface area (Å²) in [5.41, 5.74) is 2.14. The Morgan fingerprint density at radius 3 is 2.59 bits per heavy atom. The molecule has 27 heavy (non-hydrogen) atoms. The van der Waals surface area contributed by atoms with E-state index < -0.39 is 11.3 Å². The van der Waals surface area contributed by atoms with E-state index in [2.05, 4.69) is 5.32 Å². The first-order valence-corrected chi connectivity index (χ1v) is 10.2. The lowest BCUT2D eigenvalue weighted by molar-refractivity contribution is -0.126. The summed E-state index contributed by atoms with van der Waals surface area (Å²) in [4.78, 5) is 39.5. The number of carbonyl (C=O) groups excluding carboxylic acids is 3. The minimum atomic E-state index is -0.758. The van der Waals surface area contributed by atoms with Crippen molar-refractivity contribution in [1.82, 2.24) is 4.90 Å². The molecule has 142 valence electrons. The fraction of sp³-hybridized carbons (Fsp3) is 0.316. The van der Waals surface area contributed by atoms with Gasteiger partial charge in [-0.2, -0.15) is 0 Å². The van der Waals surface area contributed by atoms with E-state index in [-0.39, 0.29) is 24.3 Å². The lowest BCUT2D eigenvalue weighted by atomic mass is 10.1. The van der Waals surface area contributed by atoms with E-state index in [0.717, 1.165) is 27.8 Å². The molecule has 1 atom stereocenters. The summed E-state index contributed by atoms with van der Waals surface area (Å²) in [5.74, 6) is -0.739. The number of hydrogen-bond donors (Lipinski definition) is 1. The lowest BCUT2D eigenvalue weighted by Crippen LogP contribution is -2.34. The number of hydrogen-bond acceptors (Lipinski definition) is 7. The van der Waals surface area contributed by atoms with Crippen molar-refractivity contribution >= 4 is 45.2 Å². The van der Waals surface area contributed by atoms with Crippen molar-refractivity contribution in [2.45, 2.75) is 32.7 Å². The number of esters is 1. The second-order valence-corrected chi connectivity index (χ2v) is 8.31. The number of imide groups is 1. The summed E-state index contributed by atoms with van der Waals surface area (Å²) in [7, 11) is 0. The number of nitrogens with zero attached hydrogens (tertiary/aromatic N) is 1. The average Bonchev–Trinajstić information content (AvgIpc) is 3.06. The van der Waals surface area contributed by atoms with Crippen molar-refractivity contribution in [2.24, 2.45) is 0 Å². The van der Waals surface area contributed by atoms with Crippen molar-refractivity contribution < 1.29 is 19.1 Å². The van der Waals surface area contributed by atoms with E-state index in [0.29, 0.717) is 10.6 Å². The van der Waals surface area contributed by atoms with Gasteiger partial charge in [-0.1, -0.05) is 30.3 Å². The molecule has 1 aromatic heterocycles. The second kappa shape index (κ2) is 8.14. The van der Waals surface area contributed by atoms with Gasteiger partial charge in [0.2, 0.25) is 0 Å². The standard InChI is InChI=1S/C19H20N2O4S2/c1-4-25-18(23)14-11(2)12(3)26-15(14)20-16-17(22)21(19(24)27-16)10-13-8-6-5-7-9-13/h5-9,16,20H,4,10H2,1-3H3. The molecule has 3 rings (SSSR count). The fourth-order valence-electron chi connectivity index (χ4n) is 2.74. The van der Waals surface area contributed by atoms with Crippen LogP contribution in [-0.2, 0) is 16.1 Å². The summed E-state index contributed by atoms with van der Waals surface area (Å²) < 4.78 is 5.13. The van der Waals surface area contributed by atoms with E-state index in [1.165, 1.54) is 16.2 Å². The first kappa shape index (κ1) is 19.4. The van der Waals surface area contributed by atoms with Crippen LogP contribution >= 0.6 is 23.1 Å². The molecule has 8 heteroatoms. The predicted octanol–water partition coefficient (Wildman–Crippen LogP) is 4.18. The molecule has 0 aliphatic carbocycles.